The van der Waals surface area contributed by atoms with Gasteiger partial charge in [0, 0.05) is 17.0 Å². The van der Waals surface area contributed by atoms with E-state index in [4.69, 9.17) is 0 Å². The Morgan fingerprint density at radius 2 is 1.81 bits per heavy atom. The normalized spacial score (nSPS) is 19.5. The second-order valence-corrected chi connectivity index (χ2v) is 8.38. The van der Waals surface area contributed by atoms with Crippen LogP contribution in [0, 0.1) is 19.7 Å². The van der Waals surface area contributed by atoms with E-state index in [1.807, 2.05) is 24.3 Å². The summed E-state index contributed by atoms with van der Waals surface area (Å²) >= 11 is 0. The van der Waals surface area contributed by atoms with Gasteiger partial charge in [-0.3, -0.25) is 14.5 Å². The van der Waals surface area contributed by atoms with Gasteiger partial charge in [-0.1, -0.05) is 36.4 Å². The van der Waals surface area contributed by atoms with Crippen molar-refractivity contribution < 1.29 is 18.8 Å². The van der Waals surface area contributed by atoms with Crippen molar-refractivity contribution in [2.45, 2.75) is 32.2 Å². The molecule has 1 aliphatic heterocycles. The molecule has 1 saturated heterocycles. The Hall–Kier alpha value is -3.74. The molecule has 1 unspecified atom stereocenters. The topological polar surface area (TPSA) is 71.4 Å². The summed E-state index contributed by atoms with van der Waals surface area (Å²) in [6.07, 6.45) is 1.16. The Labute approximate surface area is 184 Å². The van der Waals surface area contributed by atoms with Gasteiger partial charge in [-0.15, -0.1) is 0 Å². The van der Waals surface area contributed by atoms with E-state index < -0.39 is 23.3 Å². The third kappa shape index (κ3) is 2.81. The largest absolute Gasteiger partial charge is 0.325 e. The van der Waals surface area contributed by atoms with Crippen molar-refractivity contribution in [3.05, 3.63) is 88.5 Å². The molecule has 162 valence electrons. The molecule has 1 aromatic heterocycles. The van der Waals surface area contributed by atoms with Crippen LogP contribution in [-0.2, 0) is 16.8 Å². The van der Waals surface area contributed by atoms with Crippen molar-refractivity contribution in [1.29, 1.82) is 0 Å². The van der Waals surface area contributed by atoms with Crippen LogP contribution in [0.3, 0.4) is 0 Å². The van der Waals surface area contributed by atoms with Crippen LogP contribution in [0.5, 0.6) is 0 Å². The number of para-hydroxylation sites is 1. The molecule has 1 spiro atoms. The summed E-state index contributed by atoms with van der Waals surface area (Å²) in [6.45, 7) is 3.15. The minimum Gasteiger partial charge on any atom is -0.319 e. The zero-order valence-electron chi connectivity index (χ0n) is 17.8. The van der Waals surface area contributed by atoms with Gasteiger partial charge in [-0.2, -0.15) is 0 Å². The first-order valence-corrected chi connectivity index (χ1v) is 10.5. The van der Waals surface area contributed by atoms with Gasteiger partial charge in [-0.25, -0.2) is 9.18 Å². The molecule has 3 amide bonds. The van der Waals surface area contributed by atoms with E-state index in [0.29, 0.717) is 35.5 Å². The van der Waals surface area contributed by atoms with E-state index in [1.165, 1.54) is 6.07 Å². The van der Waals surface area contributed by atoms with E-state index in [9.17, 15) is 18.8 Å². The van der Waals surface area contributed by atoms with Crippen LogP contribution in [0.1, 0.15) is 39.3 Å². The van der Waals surface area contributed by atoms with Crippen LogP contribution in [0.25, 0.3) is 5.69 Å². The third-order valence-corrected chi connectivity index (χ3v) is 6.55. The third-order valence-electron chi connectivity index (χ3n) is 6.55. The molecule has 1 N–H and O–H groups in total. The van der Waals surface area contributed by atoms with Gasteiger partial charge in [-0.05, 0) is 56.0 Å². The molecule has 0 radical (unpaired) electrons. The first-order chi connectivity index (χ1) is 15.3. The van der Waals surface area contributed by atoms with Crippen LogP contribution in [-0.4, -0.2) is 33.7 Å². The van der Waals surface area contributed by atoms with Crippen LogP contribution in [0.2, 0.25) is 0 Å². The highest BCUT2D eigenvalue weighted by Crippen LogP contribution is 2.41. The number of imide groups is 1. The lowest BCUT2D eigenvalue weighted by Gasteiger charge is -2.22. The number of Topliss-reactive ketones (excluding diaryl/α,β-unsaturated/α-hetero) is 1. The van der Waals surface area contributed by atoms with Crippen molar-refractivity contribution in [2.24, 2.45) is 0 Å². The summed E-state index contributed by atoms with van der Waals surface area (Å²) in [5, 5.41) is 2.84. The quantitative estimate of drug-likeness (QED) is 0.504. The second-order valence-electron chi connectivity index (χ2n) is 8.38. The molecule has 32 heavy (non-hydrogen) atoms. The molecule has 3 aromatic rings. The summed E-state index contributed by atoms with van der Waals surface area (Å²) in [5.74, 6) is -1.17. The number of urea groups is 1. The number of carbonyl (C=O) groups excluding carboxylic acids is 3. The first kappa shape index (κ1) is 20.2. The minimum absolute atomic E-state index is 0.345. The lowest BCUT2D eigenvalue weighted by molar-refractivity contribution is -0.131. The number of nitrogens with one attached hydrogen (secondary N) is 1. The minimum atomic E-state index is -1.10. The number of ketones is 1. The summed E-state index contributed by atoms with van der Waals surface area (Å²) in [6, 6.07) is 15.0. The summed E-state index contributed by atoms with van der Waals surface area (Å²) in [5.41, 5.74) is 2.68. The fourth-order valence-corrected chi connectivity index (χ4v) is 5.01. The van der Waals surface area contributed by atoms with Crippen molar-refractivity contribution in [3.63, 3.8) is 0 Å². The Kier molecular flexibility index (Phi) is 4.51. The van der Waals surface area contributed by atoms with E-state index in [-0.39, 0.29) is 12.3 Å². The number of amides is 3. The van der Waals surface area contributed by atoms with Crippen LogP contribution < -0.4 is 5.32 Å². The molecule has 2 aliphatic rings. The van der Waals surface area contributed by atoms with Crippen LogP contribution in [0.15, 0.2) is 54.6 Å². The monoisotopic (exact) mass is 431 g/mol. The molecule has 6 nitrogen and oxygen atoms in total. The number of aromatic nitrogens is 1. The highest BCUT2D eigenvalue weighted by molar-refractivity contribution is 6.12. The molecule has 0 saturated carbocycles. The molecule has 1 fully saturated rings. The number of fused-ring (bicyclic) bond motifs is 2. The zero-order valence-corrected chi connectivity index (χ0v) is 17.8. The number of benzene rings is 2. The summed E-state index contributed by atoms with van der Waals surface area (Å²) < 4.78 is 16.0. The smallest absolute Gasteiger partial charge is 0.319 e. The average molecular weight is 431 g/mol. The van der Waals surface area contributed by atoms with Gasteiger partial charge in [0.25, 0.3) is 5.91 Å². The Morgan fingerprint density at radius 1 is 1.09 bits per heavy atom. The maximum absolute atomic E-state index is 14.4. The molecule has 5 rings (SSSR count). The first-order valence-electron chi connectivity index (χ1n) is 10.5. The molecule has 1 atom stereocenters. The number of halogens is 1. The van der Waals surface area contributed by atoms with Crippen molar-refractivity contribution in [3.8, 4) is 5.69 Å². The van der Waals surface area contributed by atoms with E-state index in [0.717, 1.165) is 16.0 Å². The predicted octanol–water partition coefficient (Wildman–Crippen LogP) is 3.81. The van der Waals surface area contributed by atoms with Gasteiger partial charge in [0.1, 0.15) is 11.4 Å². The van der Waals surface area contributed by atoms with Crippen LogP contribution in [0.4, 0.5) is 9.18 Å². The molecule has 2 heterocycles. The van der Waals surface area contributed by atoms with E-state index >= 15 is 0 Å². The standard InChI is InChI=1S/C25H22FN3O3/c1-15-13-18(16(2)29(15)21-10-6-5-9-20(21)26)22(30)14-28-23(31)25(27-24(28)32)12-11-17-7-3-4-8-19(17)25/h3-10,13H,11-12,14H2,1-2H3,(H,27,32). The molecule has 0 bridgehead atoms. The maximum atomic E-state index is 14.4. The fraction of sp³-hybridized carbons (Fsp3) is 0.240. The molecule has 2 aromatic carbocycles. The number of rotatable bonds is 4. The average Bonchev–Trinajstić information content (AvgIpc) is 3.37. The van der Waals surface area contributed by atoms with Crippen molar-refractivity contribution >= 4 is 17.7 Å². The van der Waals surface area contributed by atoms with Gasteiger partial charge in [0.15, 0.2) is 5.78 Å². The van der Waals surface area contributed by atoms with Gasteiger partial charge < -0.3 is 9.88 Å². The number of aryl methyl sites for hydroxylation is 2. The van der Waals surface area contributed by atoms with Gasteiger partial charge >= 0.3 is 6.03 Å². The SMILES string of the molecule is Cc1cc(C(=O)CN2C(=O)NC3(CCc4ccccc43)C2=O)c(C)n1-c1ccccc1F. The molecule has 7 heteroatoms. The lowest BCUT2D eigenvalue weighted by Crippen LogP contribution is -2.42. The molecular formula is C25H22FN3O3. The van der Waals surface area contributed by atoms with Crippen molar-refractivity contribution in [1.82, 2.24) is 14.8 Å². The summed E-state index contributed by atoms with van der Waals surface area (Å²) in [4.78, 5) is 40.2. The van der Waals surface area contributed by atoms with E-state index in [1.54, 1.807) is 42.7 Å². The van der Waals surface area contributed by atoms with Gasteiger partial charge in [0.2, 0.25) is 0 Å². The molecular weight excluding hydrogens is 409 g/mol. The zero-order chi connectivity index (χ0) is 22.6. The molecule has 1 aliphatic carbocycles. The number of nitrogens with zero attached hydrogens (tertiary/aromatic N) is 2. The predicted molar refractivity (Wildman–Crippen MR) is 116 cm³/mol. The lowest BCUT2D eigenvalue weighted by atomic mass is 9.92. The highest BCUT2D eigenvalue weighted by atomic mass is 19.1. The Bertz CT molecular complexity index is 1300. The second kappa shape index (κ2) is 7.15. The maximum Gasteiger partial charge on any atom is 0.325 e. The number of hydrogen-bond acceptors (Lipinski definition) is 3. The number of hydrogen-bond donors (Lipinski definition) is 1. The van der Waals surface area contributed by atoms with Crippen molar-refractivity contribution in [2.75, 3.05) is 6.54 Å². The van der Waals surface area contributed by atoms with E-state index in [2.05, 4.69) is 5.32 Å². The Morgan fingerprint density at radius 3 is 2.59 bits per heavy atom. The van der Waals surface area contributed by atoms with Gasteiger partial charge in [0.05, 0.1) is 12.2 Å². The Balaban J connectivity index is 1.44. The summed E-state index contributed by atoms with van der Waals surface area (Å²) in [7, 11) is 0. The number of carbonyl (C=O) groups is 3. The fourth-order valence-electron chi connectivity index (χ4n) is 5.01. The van der Waals surface area contributed by atoms with Crippen LogP contribution >= 0.6 is 0 Å². The highest BCUT2D eigenvalue weighted by Gasteiger charge is 2.55.